The van der Waals surface area contributed by atoms with E-state index in [0.29, 0.717) is 33.9 Å². The number of hydrogen-bond acceptors (Lipinski definition) is 7. The van der Waals surface area contributed by atoms with Crippen molar-refractivity contribution in [1.29, 1.82) is 0 Å². The molecule has 0 aliphatic carbocycles. The van der Waals surface area contributed by atoms with Crippen LogP contribution in [0.5, 0.6) is 0 Å². The molecule has 0 spiro atoms. The van der Waals surface area contributed by atoms with E-state index in [0.717, 1.165) is 11.1 Å². The zero-order valence-corrected chi connectivity index (χ0v) is 30.6. The molecule has 1 aliphatic rings. The SMILES string of the molecule is O=C(Nc1ccccn1)c1cccc(CN2C(=O)N(Cc3cccc(C(=O)Nc4ccccn4)c3)[C@H](Cc3ccccc3)[C@H](O)C(O)C2Cc2ccccc2)c1. The quantitative estimate of drug-likeness (QED) is 0.114. The van der Waals surface area contributed by atoms with E-state index in [1.54, 1.807) is 95.0 Å². The predicted molar refractivity (Wildman–Crippen MR) is 214 cm³/mol. The molecule has 0 bridgehead atoms. The molecule has 1 saturated heterocycles. The first-order chi connectivity index (χ1) is 27.3. The van der Waals surface area contributed by atoms with Crippen LogP contribution in [-0.4, -0.2) is 72.1 Å². The zero-order chi connectivity index (χ0) is 38.9. The van der Waals surface area contributed by atoms with Crippen LogP contribution in [0.2, 0.25) is 0 Å². The summed E-state index contributed by atoms with van der Waals surface area (Å²) >= 11 is 0. The maximum Gasteiger partial charge on any atom is 0.321 e. The molecule has 7 rings (SSSR count). The number of pyridine rings is 2. The molecule has 2 unspecified atom stereocenters. The average Bonchev–Trinajstić information content (AvgIpc) is 3.29. The number of aromatic nitrogens is 2. The number of hydrogen-bond donors (Lipinski definition) is 4. The summed E-state index contributed by atoms with van der Waals surface area (Å²) in [5.74, 6) is 0.0918. The number of carbonyl (C=O) groups is 3. The smallest absolute Gasteiger partial charge is 0.321 e. The van der Waals surface area contributed by atoms with Crippen molar-refractivity contribution in [3.63, 3.8) is 0 Å². The Hall–Kier alpha value is -6.69. The lowest BCUT2D eigenvalue weighted by Gasteiger charge is -2.36. The highest BCUT2D eigenvalue weighted by atomic mass is 16.3. The largest absolute Gasteiger partial charge is 0.388 e. The minimum absolute atomic E-state index is 0.0336. The van der Waals surface area contributed by atoms with Crippen molar-refractivity contribution in [2.24, 2.45) is 0 Å². The molecule has 56 heavy (non-hydrogen) atoms. The van der Waals surface area contributed by atoms with Gasteiger partial charge in [-0.15, -0.1) is 0 Å². The van der Waals surface area contributed by atoms with Gasteiger partial charge in [0.25, 0.3) is 11.8 Å². The second-order valence-corrected chi connectivity index (χ2v) is 13.8. The Kier molecular flexibility index (Phi) is 11.8. The minimum Gasteiger partial charge on any atom is -0.388 e. The summed E-state index contributed by atoms with van der Waals surface area (Å²) in [6.07, 6.45) is 1.02. The van der Waals surface area contributed by atoms with Crippen LogP contribution in [0.1, 0.15) is 43.0 Å². The lowest BCUT2D eigenvalue weighted by molar-refractivity contribution is -0.0408. The molecule has 1 aliphatic heterocycles. The molecule has 6 aromatic rings. The van der Waals surface area contributed by atoms with Crippen molar-refractivity contribution >= 4 is 29.5 Å². The van der Waals surface area contributed by atoms with Crippen LogP contribution in [-0.2, 0) is 25.9 Å². The van der Waals surface area contributed by atoms with Gasteiger partial charge >= 0.3 is 6.03 Å². The number of amides is 4. The topological polar surface area (TPSA) is 148 Å². The monoisotopic (exact) mass is 746 g/mol. The van der Waals surface area contributed by atoms with E-state index in [2.05, 4.69) is 20.6 Å². The van der Waals surface area contributed by atoms with Crippen molar-refractivity contribution in [3.05, 3.63) is 191 Å². The van der Waals surface area contributed by atoms with Gasteiger partial charge in [0.1, 0.15) is 23.8 Å². The van der Waals surface area contributed by atoms with Gasteiger partial charge in [-0.1, -0.05) is 97.1 Å². The molecule has 0 radical (unpaired) electrons. The number of nitrogens with zero attached hydrogens (tertiary/aromatic N) is 4. The predicted octanol–water partition coefficient (Wildman–Crippen LogP) is 6.36. The van der Waals surface area contributed by atoms with Gasteiger partial charge in [-0.25, -0.2) is 14.8 Å². The summed E-state index contributed by atoms with van der Waals surface area (Å²) < 4.78 is 0. The third-order valence-corrected chi connectivity index (χ3v) is 9.90. The summed E-state index contributed by atoms with van der Waals surface area (Å²) in [5, 5.41) is 29.9. The lowest BCUT2D eigenvalue weighted by atomic mass is 9.90. The molecule has 1 fully saturated rings. The number of benzene rings is 4. The van der Waals surface area contributed by atoms with Crippen LogP contribution in [0, 0.1) is 0 Å². The van der Waals surface area contributed by atoms with E-state index in [1.165, 1.54) is 0 Å². The van der Waals surface area contributed by atoms with Gasteiger partial charge in [-0.05, 0) is 83.6 Å². The molecule has 4 amide bonds. The summed E-state index contributed by atoms with van der Waals surface area (Å²) in [5.41, 5.74) is 3.81. The molecular weight excluding hydrogens is 705 g/mol. The number of anilines is 2. The fourth-order valence-corrected chi connectivity index (χ4v) is 7.08. The van der Waals surface area contributed by atoms with Crippen LogP contribution in [0.25, 0.3) is 0 Å². The van der Waals surface area contributed by atoms with Crippen LogP contribution in [0.3, 0.4) is 0 Å². The number of nitrogens with one attached hydrogen (secondary N) is 2. The first-order valence-corrected chi connectivity index (χ1v) is 18.5. The Labute approximate surface area is 325 Å². The third kappa shape index (κ3) is 9.15. The fourth-order valence-electron chi connectivity index (χ4n) is 7.08. The first kappa shape index (κ1) is 37.6. The fraction of sp³-hybridized carbons (Fsp3) is 0.178. The van der Waals surface area contributed by atoms with Gasteiger partial charge in [-0.2, -0.15) is 0 Å². The average molecular weight is 747 g/mol. The number of rotatable bonds is 12. The number of aliphatic hydroxyl groups is 2. The van der Waals surface area contributed by atoms with Crippen LogP contribution < -0.4 is 10.6 Å². The Morgan fingerprint density at radius 2 is 0.911 bits per heavy atom. The standard InChI is InChI=1S/C45H42N6O5/c52-41-37(27-31-13-3-1-4-14-31)50(29-33-17-11-19-35(25-33)43(54)48-39-21-7-9-23-46-39)45(56)51(38(42(41)53)28-32-15-5-2-6-16-32)30-34-18-12-20-36(26-34)44(55)49-40-22-8-10-24-47-40/h1-26,37-38,41-42,52-53H,27-30H2,(H,46,48,54)(H,47,49,55)/t37-,38?,41+,42?/m1/s1. The Bertz CT molecular complexity index is 2090. The third-order valence-electron chi connectivity index (χ3n) is 9.90. The number of carbonyl (C=O) groups excluding carboxylic acids is 3. The van der Waals surface area contributed by atoms with Gasteiger partial charge in [0.15, 0.2) is 0 Å². The summed E-state index contributed by atoms with van der Waals surface area (Å²) in [6.45, 7) is 0.0673. The van der Waals surface area contributed by atoms with Crippen LogP contribution >= 0.6 is 0 Å². The molecule has 4 N–H and O–H groups in total. The van der Waals surface area contributed by atoms with Crippen molar-refractivity contribution in [2.45, 2.75) is 50.2 Å². The van der Waals surface area contributed by atoms with E-state index < -0.39 is 30.3 Å². The first-order valence-electron chi connectivity index (χ1n) is 18.5. The van der Waals surface area contributed by atoms with Crippen molar-refractivity contribution < 1.29 is 24.6 Å². The highest BCUT2D eigenvalue weighted by molar-refractivity contribution is 6.04. The Balaban J connectivity index is 1.25. The highest BCUT2D eigenvalue weighted by Crippen LogP contribution is 2.30. The Morgan fingerprint density at radius 1 is 0.518 bits per heavy atom. The normalized spacial score (nSPS) is 18.2. The minimum atomic E-state index is -1.34. The molecule has 4 atom stereocenters. The maximum atomic E-state index is 15.2. The summed E-state index contributed by atoms with van der Waals surface area (Å²) in [4.78, 5) is 53.4. The summed E-state index contributed by atoms with van der Waals surface area (Å²) in [7, 11) is 0. The van der Waals surface area contributed by atoms with E-state index in [-0.39, 0.29) is 37.7 Å². The second-order valence-electron chi connectivity index (χ2n) is 13.8. The van der Waals surface area contributed by atoms with Crippen molar-refractivity contribution in [3.8, 4) is 0 Å². The second kappa shape index (κ2) is 17.6. The molecule has 4 aromatic carbocycles. The van der Waals surface area contributed by atoms with Gasteiger partial charge in [0.05, 0.1) is 12.1 Å². The van der Waals surface area contributed by atoms with E-state index in [9.17, 15) is 19.8 Å². The Morgan fingerprint density at radius 3 is 1.30 bits per heavy atom. The zero-order valence-electron chi connectivity index (χ0n) is 30.6. The number of urea groups is 1. The summed E-state index contributed by atoms with van der Waals surface area (Å²) in [6, 6.07) is 41.4. The van der Waals surface area contributed by atoms with Crippen LogP contribution in [0.4, 0.5) is 16.4 Å². The van der Waals surface area contributed by atoms with Crippen LogP contribution in [0.15, 0.2) is 158 Å². The molecule has 11 nitrogen and oxygen atoms in total. The van der Waals surface area contributed by atoms with Crippen molar-refractivity contribution in [1.82, 2.24) is 19.8 Å². The molecule has 11 heteroatoms. The van der Waals surface area contributed by atoms with E-state index >= 15 is 4.79 Å². The maximum absolute atomic E-state index is 15.2. The molecule has 282 valence electrons. The van der Waals surface area contributed by atoms with Gasteiger partial charge in [-0.3, -0.25) is 9.59 Å². The van der Waals surface area contributed by atoms with E-state index in [4.69, 9.17) is 0 Å². The molecule has 0 saturated carbocycles. The van der Waals surface area contributed by atoms with Gasteiger partial charge in [0, 0.05) is 36.6 Å². The van der Waals surface area contributed by atoms with Crippen molar-refractivity contribution in [2.75, 3.05) is 10.6 Å². The van der Waals surface area contributed by atoms with Gasteiger partial charge in [0.2, 0.25) is 0 Å². The molecule has 2 aromatic heterocycles. The molecular formula is C45H42N6O5. The number of aliphatic hydroxyl groups excluding tert-OH is 2. The van der Waals surface area contributed by atoms with E-state index in [1.807, 2.05) is 72.8 Å². The highest BCUT2D eigenvalue weighted by Gasteiger charge is 2.46. The molecule has 3 heterocycles. The lowest BCUT2D eigenvalue weighted by Crippen LogP contribution is -2.50. The van der Waals surface area contributed by atoms with Gasteiger partial charge < -0.3 is 30.6 Å².